The van der Waals surface area contributed by atoms with Crippen LogP contribution in [0.25, 0.3) is 0 Å². The second-order valence-corrected chi connectivity index (χ2v) is 9.84. The number of allylic oxidation sites excluding steroid dienone is 1. The predicted octanol–water partition coefficient (Wildman–Crippen LogP) is 6.79. The third kappa shape index (κ3) is 7.13. The Hall–Kier alpha value is -2.75. The minimum Gasteiger partial charge on any atom is -0.406 e. The first-order valence-electron chi connectivity index (χ1n) is 11.4. The summed E-state index contributed by atoms with van der Waals surface area (Å²) in [7, 11) is 1.84. The molecular weight excluding hydrogens is 525 g/mol. The summed E-state index contributed by atoms with van der Waals surface area (Å²) in [4.78, 5) is 20.2. The fourth-order valence-corrected chi connectivity index (χ4v) is 4.15. The first-order valence-corrected chi connectivity index (χ1v) is 12.4. The van der Waals surface area contributed by atoms with Crippen LogP contribution in [0.4, 0.5) is 24.7 Å². The van der Waals surface area contributed by atoms with Gasteiger partial charge in [0.1, 0.15) is 17.3 Å². The highest BCUT2D eigenvalue weighted by Gasteiger charge is 2.31. The lowest BCUT2D eigenvalue weighted by Crippen LogP contribution is -2.39. The number of likely N-dealkylation sites (tertiary alicyclic amines) is 1. The third-order valence-corrected chi connectivity index (χ3v) is 6.85. The lowest BCUT2D eigenvalue weighted by Gasteiger charge is -2.29. The van der Waals surface area contributed by atoms with E-state index < -0.39 is 6.36 Å². The molecular formula is C25H30BrF3N4O2. The highest BCUT2D eigenvalue weighted by atomic mass is 79.9. The first-order chi connectivity index (χ1) is 16.5. The lowest BCUT2D eigenvalue weighted by molar-refractivity contribution is -0.274. The molecule has 10 heteroatoms. The van der Waals surface area contributed by atoms with Gasteiger partial charge in [0.05, 0.1) is 5.69 Å². The highest BCUT2D eigenvalue weighted by Crippen LogP contribution is 2.28. The van der Waals surface area contributed by atoms with Crippen LogP contribution in [0.2, 0.25) is 0 Å². The fraction of sp³-hybridized carbons (Fsp3) is 0.440. The van der Waals surface area contributed by atoms with Gasteiger partial charge in [-0.25, -0.2) is 0 Å². The molecule has 0 spiro atoms. The van der Waals surface area contributed by atoms with Crippen LogP contribution in [-0.2, 0) is 7.05 Å². The predicted molar refractivity (Wildman–Crippen MR) is 136 cm³/mol. The van der Waals surface area contributed by atoms with Crippen molar-refractivity contribution in [3.8, 4) is 5.75 Å². The smallest absolute Gasteiger partial charge is 0.406 e. The van der Waals surface area contributed by atoms with Gasteiger partial charge >= 0.3 is 6.36 Å². The number of carbonyl (C=O) groups is 1. The van der Waals surface area contributed by atoms with Gasteiger partial charge in [-0.3, -0.25) is 9.79 Å². The largest absolute Gasteiger partial charge is 0.573 e. The number of anilines is 1. The van der Waals surface area contributed by atoms with Gasteiger partial charge in [-0.05, 0) is 63.4 Å². The minimum atomic E-state index is -4.75. The summed E-state index contributed by atoms with van der Waals surface area (Å²) >= 11 is 3.62. The van der Waals surface area contributed by atoms with Gasteiger partial charge in [-0.1, -0.05) is 28.4 Å². The van der Waals surface area contributed by atoms with Crippen molar-refractivity contribution in [1.82, 2.24) is 9.47 Å². The van der Waals surface area contributed by atoms with E-state index in [1.165, 1.54) is 24.3 Å². The van der Waals surface area contributed by atoms with Crippen LogP contribution in [0.5, 0.6) is 5.75 Å². The maximum absolute atomic E-state index is 13.3. The van der Waals surface area contributed by atoms with Crippen molar-refractivity contribution >= 4 is 39.1 Å². The number of alkyl halides is 4. The summed E-state index contributed by atoms with van der Waals surface area (Å²) < 4.78 is 43.1. The van der Waals surface area contributed by atoms with Crippen molar-refractivity contribution < 1.29 is 22.7 Å². The zero-order valence-electron chi connectivity index (χ0n) is 20.2. The lowest BCUT2D eigenvalue weighted by atomic mass is 10.1. The van der Waals surface area contributed by atoms with Crippen LogP contribution in [-0.4, -0.2) is 45.4 Å². The molecule has 1 fully saturated rings. The van der Waals surface area contributed by atoms with Crippen molar-refractivity contribution in [3.63, 3.8) is 0 Å². The Morgan fingerprint density at radius 2 is 1.86 bits per heavy atom. The molecule has 1 saturated heterocycles. The van der Waals surface area contributed by atoms with E-state index in [4.69, 9.17) is 0 Å². The second-order valence-electron chi connectivity index (χ2n) is 8.55. The van der Waals surface area contributed by atoms with Crippen LogP contribution < -0.4 is 10.1 Å². The summed E-state index contributed by atoms with van der Waals surface area (Å²) in [6.45, 7) is 7.25. The Morgan fingerprint density at radius 3 is 2.43 bits per heavy atom. The number of nitrogens with one attached hydrogen (secondary N) is 1. The van der Waals surface area contributed by atoms with E-state index in [0.29, 0.717) is 35.0 Å². The zero-order valence-corrected chi connectivity index (χ0v) is 21.8. The molecule has 1 aromatic heterocycles. The number of carbonyl (C=O) groups excluding carboxylic acids is 1. The summed E-state index contributed by atoms with van der Waals surface area (Å²) in [5.41, 5.74) is 3.51. The Morgan fingerprint density at radius 1 is 1.23 bits per heavy atom. The van der Waals surface area contributed by atoms with Crippen LogP contribution in [0, 0.1) is 0 Å². The molecule has 2 heterocycles. The number of aliphatic imine (C=N–C) groups is 1. The molecule has 1 aromatic carbocycles. The van der Waals surface area contributed by atoms with Gasteiger partial charge in [0.15, 0.2) is 0 Å². The van der Waals surface area contributed by atoms with E-state index in [9.17, 15) is 18.0 Å². The number of aromatic nitrogens is 1. The van der Waals surface area contributed by atoms with Gasteiger partial charge in [0.25, 0.3) is 5.91 Å². The maximum Gasteiger partial charge on any atom is 0.573 e. The Balaban J connectivity index is 1.94. The van der Waals surface area contributed by atoms with Crippen LogP contribution in [0.3, 0.4) is 0 Å². The van der Waals surface area contributed by atoms with E-state index in [2.05, 4.69) is 37.9 Å². The first kappa shape index (κ1) is 26.8. The average molecular weight is 555 g/mol. The topological polar surface area (TPSA) is 58.9 Å². The summed E-state index contributed by atoms with van der Waals surface area (Å²) in [5.74, 6) is 0.366. The van der Waals surface area contributed by atoms with Gasteiger partial charge in [-0.15, -0.1) is 13.2 Å². The van der Waals surface area contributed by atoms with Crippen LogP contribution in [0.15, 0.2) is 47.1 Å². The number of piperidine rings is 1. The van der Waals surface area contributed by atoms with Crippen LogP contribution >= 0.6 is 15.9 Å². The number of ether oxygens (including phenoxy) is 1. The second kappa shape index (κ2) is 11.3. The van der Waals surface area contributed by atoms with E-state index >= 15 is 0 Å². The monoisotopic (exact) mass is 554 g/mol. The number of amides is 1. The van der Waals surface area contributed by atoms with E-state index in [1.54, 1.807) is 0 Å². The zero-order chi connectivity index (χ0) is 25.8. The van der Waals surface area contributed by atoms with Crippen molar-refractivity contribution in [2.75, 3.05) is 18.4 Å². The molecule has 0 saturated carbocycles. The van der Waals surface area contributed by atoms with Crippen molar-refractivity contribution in [1.29, 1.82) is 0 Å². The standard InChI is InChI=1S/C25H30BrF3N4O2/c1-5-16(2)15-30-23-21(14-22(32(23)4)24(34)33-12-10-18(26)11-13-33)17(3)31-19-6-8-20(9-7-19)35-25(27,28)29/h6-9,14-15,18,30H,5,10-13H2,1-4H3/b16-15+,31-17?. The van der Waals surface area contributed by atoms with Crippen molar-refractivity contribution in [3.05, 3.63) is 53.4 Å². The van der Waals surface area contributed by atoms with Crippen molar-refractivity contribution in [2.45, 2.75) is 51.2 Å². The Bertz CT molecular complexity index is 1100. The fourth-order valence-electron chi connectivity index (χ4n) is 3.74. The molecule has 0 atom stereocenters. The molecule has 0 aliphatic carbocycles. The summed E-state index contributed by atoms with van der Waals surface area (Å²) in [5, 5.41) is 3.32. The number of halogens is 4. The van der Waals surface area contributed by atoms with E-state index in [0.717, 1.165) is 36.2 Å². The van der Waals surface area contributed by atoms with E-state index in [1.807, 2.05) is 42.6 Å². The van der Waals surface area contributed by atoms with Gasteiger partial charge in [0.2, 0.25) is 0 Å². The molecule has 1 N–H and O–H groups in total. The number of nitrogens with zero attached hydrogens (tertiary/aromatic N) is 3. The molecule has 0 bridgehead atoms. The number of rotatable bonds is 7. The van der Waals surface area contributed by atoms with Crippen LogP contribution in [0.1, 0.15) is 56.1 Å². The third-order valence-electron chi connectivity index (χ3n) is 5.93. The Kier molecular flexibility index (Phi) is 8.69. The molecule has 0 radical (unpaired) electrons. The quantitative estimate of drug-likeness (QED) is 0.303. The molecule has 1 aliphatic rings. The SMILES string of the molecule is CC/C(C)=C/Nc1c(C(C)=Nc2ccc(OC(F)(F)F)cc2)cc(C(=O)N2CCC(Br)CC2)n1C. The van der Waals surface area contributed by atoms with Gasteiger partial charge in [-0.2, -0.15) is 0 Å². The normalized spacial score (nSPS) is 15.9. The minimum absolute atomic E-state index is 0.0427. The average Bonchev–Trinajstić information content (AvgIpc) is 3.14. The number of benzene rings is 1. The number of hydrogen-bond acceptors (Lipinski definition) is 4. The molecule has 2 aromatic rings. The molecule has 6 nitrogen and oxygen atoms in total. The van der Waals surface area contributed by atoms with Gasteiger partial charge < -0.3 is 19.5 Å². The number of hydrogen-bond donors (Lipinski definition) is 1. The highest BCUT2D eigenvalue weighted by molar-refractivity contribution is 9.09. The summed E-state index contributed by atoms with van der Waals surface area (Å²) in [6, 6.07) is 7.18. The van der Waals surface area contributed by atoms with E-state index in [-0.39, 0.29) is 11.7 Å². The molecule has 0 unspecified atom stereocenters. The molecule has 3 rings (SSSR count). The molecule has 35 heavy (non-hydrogen) atoms. The maximum atomic E-state index is 13.3. The van der Waals surface area contributed by atoms with Crippen molar-refractivity contribution in [2.24, 2.45) is 12.0 Å². The summed E-state index contributed by atoms with van der Waals surface area (Å²) in [6.07, 6.45) is -0.163. The molecule has 1 aliphatic heterocycles. The molecule has 1 amide bonds. The molecule has 190 valence electrons. The Labute approximate surface area is 212 Å². The van der Waals surface area contributed by atoms with Gasteiger partial charge in [0, 0.05) is 42.4 Å².